The van der Waals surface area contributed by atoms with Crippen molar-refractivity contribution in [1.29, 1.82) is 0 Å². The van der Waals surface area contributed by atoms with E-state index in [1.165, 1.54) is 48.5 Å². The van der Waals surface area contributed by atoms with Gasteiger partial charge in [-0.3, -0.25) is 14.9 Å². The van der Waals surface area contributed by atoms with Crippen LogP contribution in [0.2, 0.25) is 0 Å². The van der Waals surface area contributed by atoms with Crippen LogP contribution in [0.3, 0.4) is 0 Å². The summed E-state index contributed by atoms with van der Waals surface area (Å²) in [7, 11) is 0. The molecule has 9 heteroatoms. The molecule has 9 nitrogen and oxygen atoms in total. The Balaban J connectivity index is 1.51. The van der Waals surface area contributed by atoms with Crippen molar-refractivity contribution in [2.75, 3.05) is 5.32 Å². The Morgan fingerprint density at radius 1 is 0.714 bits per heavy atom. The second-order valence-electron chi connectivity index (χ2n) is 7.92. The molecule has 0 spiro atoms. The number of ketones is 2. The van der Waals surface area contributed by atoms with Crippen LogP contribution in [0.4, 0.5) is 10.5 Å². The Morgan fingerprint density at radius 3 is 1.91 bits per heavy atom. The SMILES string of the molecule is O=C(Nc1cccc(O)c1)OCc1c(O)c(O)c2cc3c(cc2c1O)C(=O)c1ccccc1C3=O. The molecule has 0 bridgehead atoms. The molecule has 5 N–H and O–H groups in total. The fourth-order valence-corrected chi connectivity index (χ4v) is 4.09. The number of carbonyl (C=O) groups excluding carboxylic acids is 3. The molecule has 0 saturated carbocycles. The van der Waals surface area contributed by atoms with Gasteiger partial charge in [0.05, 0.1) is 5.56 Å². The van der Waals surface area contributed by atoms with Crippen LogP contribution in [0.5, 0.6) is 23.0 Å². The molecule has 0 fully saturated rings. The maximum atomic E-state index is 13.0. The zero-order valence-corrected chi connectivity index (χ0v) is 17.9. The van der Waals surface area contributed by atoms with Gasteiger partial charge in [0.15, 0.2) is 23.1 Å². The lowest BCUT2D eigenvalue weighted by molar-refractivity contribution is 0.0979. The van der Waals surface area contributed by atoms with E-state index in [0.29, 0.717) is 0 Å². The van der Waals surface area contributed by atoms with Gasteiger partial charge in [0.1, 0.15) is 18.1 Å². The number of phenolic OH excluding ortho intramolecular Hbond substituents is 4. The number of aromatic hydroxyl groups is 4. The largest absolute Gasteiger partial charge is 0.508 e. The van der Waals surface area contributed by atoms with Crippen LogP contribution in [0.15, 0.2) is 60.7 Å². The van der Waals surface area contributed by atoms with Crippen molar-refractivity contribution in [1.82, 2.24) is 0 Å². The number of fused-ring (bicyclic) bond motifs is 3. The van der Waals surface area contributed by atoms with Crippen molar-refractivity contribution in [3.63, 3.8) is 0 Å². The number of hydrogen-bond donors (Lipinski definition) is 5. The van der Waals surface area contributed by atoms with Gasteiger partial charge in [-0.15, -0.1) is 0 Å². The zero-order chi connectivity index (χ0) is 24.9. The molecule has 174 valence electrons. The van der Waals surface area contributed by atoms with E-state index in [-0.39, 0.29) is 50.0 Å². The summed E-state index contributed by atoms with van der Waals surface area (Å²) < 4.78 is 5.05. The molecule has 0 heterocycles. The highest BCUT2D eigenvalue weighted by molar-refractivity contribution is 6.29. The Morgan fingerprint density at radius 2 is 1.31 bits per heavy atom. The van der Waals surface area contributed by atoms with Gasteiger partial charge in [-0.2, -0.15) is 0 Å². The summed E-state index contributed by atoms with van der Waals surface area (Å²) in [6.07, 6.45) is -0.947. The molecule has 0 radical (unpaired) electrons. The number of ether oxygens (including phenoxy) is 1. The number of benzene rings is 4. The number of amides is 1. The van der Waals surface area contributed by atoms with Crippen molar-refractivity contribution in [3.05, 3.63) is 88.5 Å². The first-order chi connectivity index (χ1) is 16.8. The van der Waals surface area contributed by atoms with Crippen molar-refractivity contribution >= 4 is 34.1 Å². The summed E-state index contributed by atoms with van der Waals surface area (Å²) in [5.74, 6) is -2.83. The summed E-state index contributed by atoms with van der Waals surface area (Å²) >= 11 is 0. The second kappa shape index (κ2) is 8.07. The number of anilines is 1. The minimum atomic E-state index is -0.947. The molecule has 0 aromatic heterocycles. The summed E-state index contributed by atoms with van der Waals surface area (Å²) in [5.41, 5.74) is 0.467. The number of rotatable bonds is 3. The summed E-state index contributed by atoms with van der Waals surface area (Å²) in [5, 5.41) is 43.7. The van der Waals surface area contributed by atoms with Gasteiger partial charge in [-0.05, 0) is 24.3 Å². The molecule has 1 amide bonds. The molecule has 4 aromatic rings. The molecule has 5 rings (SSSR count). The summed E-state index contributed by atoms with van der Waals surface area (Å²) in [4.78, 5) is 38.1. The highest BCUT2D eigenvalue weighted by Crippen LogP contribution is 2.46. The first kappa shape index (κ1) is 21.8. The summed E-state index contributed by atoms with van der Waals surface area (Å²) in [6.45, 7) is -0.626. The van der Waals surface area contributed by atoms with Crippen molar-refractivity contribution in [3.8, 4) is 23.0 Å². The van der Waals surface area contributed by atoms with Gasteiger partial charge in [-0.25, -0.2) is 4.79 Å². The van der Waals surface area contributed by atoms with Gasteiger partial charge < -0.3 is 25.2 Å². The quantitative estimate of drug-likeness (QED) is 0.194. The molecule has 0 unspecified atom stereocenters. The van der Waals surface area contributed by atoms with Crippen molar-refractivity contribution in [2.24, 2.45) is 0 Å². The fraction of sp³-hybridized carbons (Fsp3) is 0.0385. The third-order valence-electron chi connectivity index (χ3n) is 5.81. The smallest absolute Gasteiger partial charge is 0.411 e. The third-order valence-corrected chi connectivity index (χ3v) is 5.81. The number of phenols is 4. The predicted octanol–water partition coefficient (Wildman–Crippen LogP) is 4.19. The van der Waals surface area contributed by atoms with Gasteiger partial charge in [0, 0.05) is 44.8 Å². The average Bonchev–Trinajstić information content (AvgIpc) is 2.85. The standard InChI is InChI=1S/C26H17NO8/c28-13-5-3-4-12(8-13)27-26(34)35-11-20-23(31)18-9-16-17(10-19(18)24(32)25(20)33)22(30)15-7-2-1-6-14(15)21(16)29/h1-10,28,31-33H,11H2,(H,27,34). The van der Waals surface area contributed by atoms with E-state index in [1.807, 2.05) is 0 Å². The van der Waals surface area contributed by atoms with Crippen LogP contribution in [0.25, 0.3) is 10.8 Å². The number of nitrogens with one attached hydrogen (secondary N) is 1. The van der Waals surface area contributed by atoms with Gasteiger partial charge in [0.25, 0.3) is 0 Å². The minimum Gasteiger partial charge on any atom is -0.508 e. The van der Waals surface area contributed by atoms with Crippen LogP contribution in [-0.2, 0) is 11.3 Å². The van der Waals surface area contributed by atoms with Crippen LogP contribution in [0.1, 0.15) is 37.4 Å². The van der Waals surface area contributed by atoms with Crippen LogP contribution in [0, 0.1) is 0 Å². The summed E-state index contributed by atoms with van der Waals surface area (Å²) in [6, 6.07) is 14.6. The van der Waals surface area contributed by atoms with Crippen molar-refractivity contribution < 1.29 is 39.5 Å². The lowest BCUT2D eigenvalue weighted by Gasteiger charge is -2.20. The van der Waals surface area contributed by atoms with Crippen LogP contribution in [-0.4, -0.2) is 38.1 Å². The minimum absolute atomic E-state index is 0.00780. The monoisotopic (exact) mass is 471 g/mol. The molecule has 1 aliphatic rings. The second-order valence-corrected chi connectivity index (χ2v) is 7.92. The third kappa shape index (κ3) is 3.55. The first-order valence-electron chi connectivity index (χ1n) is 10.4. The molecule has 35 heavy (non-hydrogen) atoms. The molecule has 0 saturated heterocycles. The van der Waals surface area contributed by atoms with E-state index >= 15 is 0 Å². The molecular formula is C26H17NO8. The predicted molar refractivity (Wildman–Crippen MR) is 124 cm³/mol. The van der Waals surface area contributed by atoms with E-state index in [2.05, 4.69) is 5.32 Å². The van der Waals surface area contributed by atoms with E-state index in [0.717, 1.165) is 0 Å². The average molecular weight is 471 g/mol. The lowest BCUT2D eigenvalue weighted by Crippen LogP contribution is -2.20. The maximum absolute atomic E-state index is 13.0. The van der Waals surface area contributed by atoms with Gasteiger partial charge >= 0.3 is 6.09 Å². The Labute approximate surface area is 197 Å². The van der Waals surface area contributed by atoms with Crippen LogP contribution < -0.4 is 5.32 Å². The maximum Gasteiger partial charge on any atom is 0.411 e. The lowest BCUT2D eigenvalue weighted by atomic mass is 9.82. The molecule has 0 atom stereocenters. The molecule has 1 aliphatic carbocycles. The zero-order valence-electron chi connectivity index (χ0n) is 17.9. The number of hydrogen-bond acceptors (Lipinski definition) is 8. The topological polar surface area (TPSA) is 153 Å². The Hall–Kier alpha value is -5.05. The molecule has 4 aromatic carbocycles. The number of carbonyl (C=O) groups is 3. The Bertz CT molecular complexity index is 1570. The van der Waals surface area contributed by atoms with E-state index in [1.54, 1.807) is 12.1 Å². The molecular weight excluding hydrogens is 454 g/mol. The van der Waals surface area contributed by atoms with E-state index in [9.17, 15) is 34.8 Å². The highest BCUT2D eigenvalue weighted by atomic mass is 16.5. The highest BCUT2D eigenvalue weighted by Gasteiger charge is 2.31. The fourth-order valence-electron chi connectivity index (χ4n) is 4.09. The van der Waals surface area contributed by atoms with Crippen molar-refractivity contribution in [2.45, 2.75) is 6.61 Å². The first-order valence-corrected chi connectivity index (χ1v) is 10.4. The van der Waals surface area contributed by atoms with Crippen LogP contribution >= 0.6 is 0 Å². The van der Waals surface area contributed by atoms with Gasteiger partial charge in [0.2, 0.25) is 0 Å². The van der Waals surface area contributed by atoms with E-state index < -0.39 is 41.5 Å². The normalized spacial score (nSPS) is 12.2. The van der Waals surface area contributed by atoms with Gasteiger partial charge in [-0.1, -0.05) is 30.3 Å². The Kier molecular flexibility index (Phi) is 5.02. The molecule has 0 aliphatic heterocycles. The van der Waals surface area contributed by atoms with E-state index in [4.69, 9.17) is 4.74 Å².